The smallest absolute Gasteiger partial charge is 0.173 e. The quantitative estimate of drug-likeness (QED) is 0.751. The lowest BCUT2D eigenvalue weighted by Crippen LogP contribution is -2.11. The first kappa shape index (κ1) is 10.6. The number of rotatable bonds is 4. The van der Waals surface area contributed by atoms with E-state index in [9.17, 15) is 4.55 Å². The molecule has 2 nitrogen and oxygen atoms in total. The van der Waals surface area contributed by atoms with Crippen molar-refractivity contribution in [1.82, 2.24) is 0 Å². The van der Waals surface area contributed by atoms with Gasteiger partial charge in [-0.05, 0) is 30.5 Å². The maximum absolute atomic E-state index is 10.9. The summed E-state index contributed by atoms with van der Waals surface area (Å²) < 4.78 is 10.9. The zero-order valence-corrected chi connectivity index (χ0v) is 8.64. The average Bonchev–Trinajstić information content (AvgIpc) is 2.15. The van der Waals surface area contributed by atoms with E-state index in [0.29, 0.717) is 4.90 Å². The Hall–Kier alpha value is -0.510. The first-order valence-corrected chi connectivity index (χ1v) is 5.70. The van der Waals surface area contributed by atoms with Gasteiger partial charge in [0.25, 0.3) is 0 Å². The number of nitrogens with two attached hydrogens (primary N) is 1. The number of unbranched alkanes of at least 4 members (excludes halogenated alkanes) is 1. The highest BCUT2D eigenvalue weighted by atomic mass is 32.2. The summed E-state index contributed by atoms with van der Waals surface area (Å²) in [6.07, 6.45) is 3.49. The Balaban J connectivity index is 2.59. The fraction of sp³-hybridized carbons (Fsp3) is 0.400. The van der Waals surface area contributed by atoms with E-state index in [4.69, 9.17) is 5.14 Å². The van der Waals surface area contributed by atoms with Crippen LogP contribution in [-0.2, 0) is 17.8 Å². The second kappa shape index (κ2) is 5.27. The molecule has 0 fully saturated rings. The van der Waals surface area contributed by atoms with E-state index in [-0.39, 0.29) is 0 Å². The third kappa shape index (κ3) is 3.38. The standard InChI is InChI=1S/C10H15NOS/c1-2-3-4-9-5-7-10(8-6-9)13(11)12/h5-8H,2-4,11H2,1H3. The van der Waals surface area contributed by atoms with Crippen LogP contribution in [0.2, 0.25) is 0 Å². The predicted octanol–water partition coefficient (Wildman–Crippen LogP) is 2.01. The van der Waals surface area contributed by atoms with Crippen molar-refractivity contribution in [2.24, 2.45) is 5.14 Å². The van der Waals surface area contributed by atoms with Crippen LogP contribution in [0.5, 0.6) is 0 Å². The minimum Gasteiger partial charge on any atom is -0.593 e. The first-order valence-electron chi connectivity index (χ1n) is 4.49. The van der Waals surface area contributed by atoms with Gasteiger partial charge in [-0.15, -0.1) is 5.14 Å². The summed E-state index contributed by atoms with van der Waals surface area (Å²) in [5.74, 6) is 0. The molecule has 0 aliphatic heterocycles. The highest BCUT2D eigenvalue weighted by Crippen LogP contribution is 2.10. The van der Waals surface area contributed by atoms with Crippen molar-refractivity contribution in [2.45, 2.75) is 31.1 Å². The second-order valence-electron chi connectivity index (χ2n) is 3.04. The second-order valence-corrected chi connectivity index (χ2v) is 4.11. The van der Waals surface area contributed by atoms with Crippen molar-refractivity contribution in [2.75, 3.05) is 0 Å². The summed E-state index contributed by atoms with van der Waals surface area (Å²) >= 11 is -1.34. The first-order chi connectivity index (χ1) is 6.24. The Labute approximate surface area is 82.5 Å². The van der Waals surface area contributed by atoms with Crippen molar-refractivity contribution in [3.8, 4) is 0 Å². The molecule has 0 spiro atoms. The van der Waals surface area contributed by atoms with E-state index in [1.807, 2.05) is 24.3 Å². The monoisotopic (exact) mass is 197 g/mol. The summed E-state index contributed by atoms with van der Waals surface area (Å²) in [6.45, 7) is 2.17. The number of hydrogen-bond donors (Lipinski definition) is 1. The molecule has 0 aliphatic rings. The average molecular weight is 197 g/mol. The molecule has 13 heavy (non-hydrogen) atoms. The van der Waals surface area contributed by atoms with Crippen molar-refractivity contribution in [1.29, 1.82) is 0 Å². The third-order valence-corrected chi connectivity index (χ3v) is 2.71. The molecular weight excluding hydrogens is 182 g/mol. The van der Waals surface area contributed by atoms with E-state index in [2.05, 4.69) is 6.92 Å². The van der Waals surface area contributed by atoms with Crippen LogP contribution >= 0.6 is 0 Å². The molecule has 0 aliphatic carbocycles. The molecule has 0 saturated carbocycles. The lowest BCUT2D eigenvalue weighted by atomic mass is 10.1. The van der Waals surface area contributed by atoms with E-state index < -0.39 is 11.4 Å². The molecule has 0 bridgehead atoms. The van der Waals surface area contributed by atoms with Gasteiger partial charge < -0.3 is 4.55 Å². The Morgan fingerprint density at radius 1 is 1.31 bits per heavy atom. The van der Waals surface area contributed by atoms with Crippen LogP contribution in [0.1, 0.15) is 25.3 Å². The van der Waals surface area contributed by atoms with Crippen LogP contribution in [0.3, 0.4) is 0 Å². The number of hydrogen-bond acceptors (Lipinski definition) is 2. The van der Waals surface area contributed by atoms with Crippen molar-refractivity contribution < 1.29 is 4.55 Å². The Morgan fingerprint density at radius 3 is 2.38 bits per heavy atom. The molecule has 0 amide bonds. The van der Waals surface area contributed by atoms with Gasteiger partial charge in [0, 0.05) is 0 Å². The molecule has 1 rings (SSSR count). The number of aryl methyl sites for hydroxylation is 1. The predicted molar refractivity (Wildman–Crippen MR) is 55.6 cm³/mol. The molecule has 1 unspecified atom stereocenters. The summed E-state index contributed by atoms with van der Waals surface area (Å²) in [4.78, 5) is 0.695. The summed E-state index contributed by atoms with van der Waals surface area (Å²) in [7, 11) is 0. The Kier molecular flexibility index (Phi) is 4.28. The lowest BCUT2D eigenvalue weighted by molar-refractivity contribution is 0.596. The van der Waals surface area contributed by atoms with Crippen LogP contribution in [0.25, 0.3) is 0 Å². The molecule has 0 radical (unpaired) electrons. The Morgan fingerprint density at radius 2 is 1.92 bits per heavy atom. The zero-order valence-electron chi connectivity index (χ0n) is 7.82. The van der Waals surface area contributed by atoms with Crippen LogP contribution in [0.15, 0.2) is 29.2 Å². The minimum atomic E-state index is -1.34. The van der Waals surface area contributed by atoms with Gasteiger partial charge in [-0.3, -0.25) is 0 Å². The van der Waals surface area contributed by atoms with E-state index >= 15 is 0 Å². The molecule has 0 heterocycles. The fourth-order valence-corrected chi connectivity index (χ4v) is 1.58. The van der Waals surface area contributed by atoms with Gasteiger partial charge in [-0.1, -0.05) is 25.5 Å². The van der Waals surface area contributed by atoms with Gasteiger partial charge in [0.2, 0.25) is 0 Å². The normalized spacial score (nSPS) is 12.8. The molecular formula is C10H15NOS. The fourth-order valence-electron chi connectivity index (χ4n) is 1.17. The van der Waals surface area contributed by atoms with Gasteiger partial charge in [0.1, 0.15) is 0 Å². The van der Waals surface area contributed by atoms with Crippen LogP contribution in [0, 0.1) is 0 Å². The van der Waals surface area contributed by atoms with Crippen molar-refractivity contribution in [3.05, 3.63) is 29.8 Å². The minimum absolute atomic E-state index is 0.695. The molecule has 2 N–H and O–H groups in total. The molecule has 1 aromatic rings. The van der Waals surface area contributed by atoms with Crippen molar-refractivity contribution in [3.63, 3.8) is 0 Å². The molecule has 3 heteroatoms. The highest BCUT2D eigenvalue weighted by Gasteiger charge is 2.03. The van der Waals surface area contributed by atoms with Gasteiger partial charge >= 0.3 is 0 Å². The Bertz CT molecular complexity index is 246. The maximum atomic E-state index is 10.9. The van der Waals surface area contributed by atoms with E-state index in [1.54, 1.807) is 0 Å². The summed E-state index contributed by atoms with van der Waals surface area (Å²) in [5, 5.41) is 5.24. The van der Waals surface area contributed by atoms with Gasteiger partial charge in [0.15, 0.2) is 4.90 Å². The van der Waals surface area contributed by atoms with Crippen LogP contribution in [0.4, 0.5) is 0 Å². The zero-order chi connectivity index (χ0) is 9.68. The number of benzene rings is 1. The topological polar surface area (TPSA) is 49.1 Å². The SMILES string of the molecule is CCCCc1ccc([S+](N)[O-])cc1. The summed E-state index contributed by atoms with van der Waals surface area (Å²) in [6, 6.07) is 7.66. The lowest BCUT2D eigenvalue weighted by Gasteiger charge is -2.03. The van der Waals surface area contributed by atoms with Gasteiger partial charge in [0.05, 0.1) is 11.4 Å². The van der Waals surface area contributed by atoms with Crippen LogP contribution < -0.4 is 5.14 Å². The molecule has 0 aromatic heterocycles. The third-order valence-electron chi connectivity index (χ3n) is 1.97. The van der Waals surface area contributed by atoms with Crippen LogP contribution in [-0.4, -0.2) is 4.55 Å². The van der Waals surface area contributed by atoms with Gasteiger partial charge in [-0.25, -0.2) is 0 Å². The van der Waals surface area contributed by atoms with E-state index in [0.717, 1.165) is 6.42 Å². The molecule has 1 atom stereocenters. The highest BCUT2D eigenvalue weighted by molar-refractivity contribution is 7.89. The maximum Gasteiger partial charge on any atom is 0.173 e. The van der Waals surface area contributed by atoms with E-state index in [1.165, 1.54) is 18.4 Å². The van der Waals surface area contributed by atoms with Gasteiger partial charge in [-0.2, -0.15) is 0 Å². The molecule has 0 saturated heterocycles. The molecule has 72 valence electrons. The summed E-state index contributed by atoms with van der Waals surface area (Å²) in [5.41, 5.74) is 1.29. The van der Waals surface area contributed by atoms with Crippen molar-refractivity contribution >= 4 is 11.4 Å². The molecule has 1 aromatic carbocycles. The largest absolute Gasteiger partial charge is 0.593 e.